The summed E-state index contributed by atoms with van der Waals surface area (Å²) >= 11 is 0. The summed E-state index contributed by atoms with van der Waals surface area (Å²) in [5, 5.41) is 21.2. The second-order valence-electron chi connectivity index (χ2n) is 7.38. The maximum absolute atomic E-state index is 12.9. The Morgan fingerprint density at radius 2 is 2.06 bits per heavy atom. The monoisotopic (exact) mass is 434 g/mol. The maximum atomic E-state index is 12.9. The number of aliphatic hydroxyl groups excluding tert-OH is 1. The summed E-state index contributed by atoms with van der Waals surface area (Å²) in [6.07, 6.45) is 6.04. The molecule has 1 aliphatic heterocycles. The van der Waals surface area contributed by atoms with Crippen molar-refractivity contribution in [3.8, 4) is 6.07 Å². The Morgan fingerprint density at radius 1 is 1.31 bits per heavy atom. The number of aromatic nitrogens is 2. The van der Waals surface area contributed by atoms with E-state index in [4.69, 9.17) is 11.0 Å². The molecule has 0 radical (unpaired) electrons. The molecule has 2 amide bonds. The predicted molar refractivity (Wildman–Crippen MR) is 121 cm³/mol. The van der Waals surface area contributed by atoms with Gasteiger partial charge in [-0.3, -0.25) is 19.5 Å². The fourth-order valence-corrected chi connectivity index (χ4v) is 3.55. The molecule has 0 atom stereocenters. The van der Waals surface area contributed by atoms with Crippen molar-refractivity contribution in [2.24, 2.45) is 0 Å². The largest absolute Gasteiger partial charge is 0.395 e. The minimum Gasteiger partial charge on any atom is -0.395 e. The first kappa shape index (κ1) is 22.8. The van der Waals surface area contributed by atoms with Crippen LogP contribution in [0.4, 0.5) is 11.8 Å². The van der Waals surface area contributed by atoms with Crippen molar-refractivity contribution in [2.75, 3.05) is 30.7 Å². The van der Waals surface area contributed by atoms with E-state index in [0.717, 1.165) is 19.3 Å². The lowest BCUT2D eigenvalue weighted by Gasteiger charge is -2.27. The fraction of sp³-hybridized carbons (Fsp3) is 0.304. The van der Waals surface area contributed by atoms with Crippen LogP contribution in [0.2, 0.25) is 0 Å². The van der Waals surface area contributed by atoms with Crippen LogP contribution in [0.25, 0.3) is 6.08 Å². The molecule has 0 saturated carbocycles. The van der Waals surface area contributed by atoms with E-state index in [1.165, 1.54) is 16.7 Å². The molecule has 1 aromatic heterocycles. The molecule has 1 fully saturated rings. The van der Waals surface area contributed by atoms with Crippen LogP contribution < -0.4 is 11.1 Å². The molecule has 0 spiro atoms. The first-order valence-corrected chi connectivity index (χ1v) is 10.4. The second-order valence-corrected chi connectivity index (χ2v) is 7.38. The Morgan fingerprint density at radius 3 is 2.72 bits per heavy atom. The van der Waals surface area contributed by atoms with E-state index >= 15 is 0 Å². The van der Waals surface area contributed by atoms with Gasteiger partial charge in [-0.15, -0.1) is 0 Å². The van der Waals surface area contributed by atoms with Crippen LogP contribution in [0.5, 0.6) is 0 Å². The van der Waals surface area contributed by atoms with Gasteiger partial charge < -0.3 is 15.7 Å². The third-order valence-corrected chi connectivity index (χ3v) is 5.24. The molecule has 2 aromatic rings. The highest BCUT2D eigenvalue weighted by molar-refractivity contribution is 6.04. The smallest absolute Gasteiger partial charge is 0.258 e. The topological polar surface area (TPSA) is 137 Å². The summed E-state index contributed by atoms with van der Waals surface area (Å²) in [4.78, 5) is 31.7. The number of carbonyl (C=O) groups is 2. The quantitative estimate of drug-likeness (QED) is 0.451. The minimum atomic E-state index is -0.477. The zero-order chi connectivity index (χ0) is 23.1. The summed E-state index contributed by atoms with van der Waals surface area (Å²) < 4.78 is 1.46. The second kappa shape index (κ2) is 10.4. The van der Waals surface area contributed by atoms with Gasteiger partial charge >= 0.3 is 0 Å². The van der Waals surface area contributed by atoms with Crippen molar-refractivity contribution >= 4 is 29.7 Å². The lowest BCUT2D eigenvalue weighted by Crippen LogP contribution is -2.36. The van der Waals surface area contributed by atoms with Crippen LogP contribution in [0.15, 0.2) is 42.5 Å². The van der Waals surface area contributed by atoms with E-state index in [1.807, 2.05) is 6.07 Å². The Hall–Kier alpha value is -3.90. The number of hydrogen-bond acceptors (Lipinski definition) is 6. The predicted octanol–water partition coefficient (Wildman–Crippen LogP) is 2.16. The number of amides is 2. The molecule has 0 aliphatic carbocycles. The number of hydrogen-bond donors (Lipinski definition) is 3. The van der Waals surface area contributed by atoms with Gasteiger partial charge in [0.25, 0.3) is 11.8 Å². The van der Waals surface area contributed by atoms with Gasteiger partial charge in [-0.05, 0) is 43.5 Å². The van der Waals surface area contributed by atoms with Crippen molar-refractivity contribution in [1.82, 2.24) is 14.5 Å². The van der Waals surface area contributed by atoms with Crippen molar-refractivity contribution in [3.63, 3.8) is 0 Å². The molecule has 166 valence electrons. The van der Waals surface area contributed by atoms with Crippen molar-refractivity contribution < 1.29 is 14.7 Å². The van der Waals surface area contributed by atoms with Gasteiger partial charge in [0, 0.05) is 24.2 Å². The molecule has 2 heterocycles. The minimum absolute atomic E-state index is 0.101. The van der Waals surface area contributed by atoms with Crippen molar-refractivity contribution in [3.05, 3.63) is 59.3 Å². The summed E-state index contributed by atoms with van der Waals surface area (Å²) in [5.41, 5.74) is 7.50. The Bertz CT molecular complexity index is 1090. The number of likely N-dealkylation sites (tertiary alicyclic amines) is 1. The van der Waals surface area contributed by atoms with E-state index in [0.29, 0.717) is 29.9 Å². The Labute approximate surface area is 186 Å². The standard InChI is InChI=1S/C23H26N6O3/c1-2-17(22(32)28-9-4-3-5-10-28)14-19-20(25)29(11-12-30)23(26-19)27-21(31)18-8-6-7-16(13-18)15-24/h2,6-8,13-14,30H,1,3-5,9-12,25H2,(H,26,27,31)/b17-14+. The first-order chi connectivity index (χ1) is 15.5. The normalized spacial score (nSPS) is 14.0. The number of nitrogen functional groups attached to an aromatic ring is 1. The summed E-state index contributed by atoms with van der Waals surface area (Å²) in [6, 6.07) is 8.24. The van der Waals surface area contributed by atoms with Gasteiger partial charge in [-0.2, -0.15) is 5.26 Å². The molecule has 3 rings (SSSR count). The number of piperidine rings is 1. The van der Waals surface area contributed by atoms with Crippen molar-refractivity contribution in [1.29, 1.82) is 5.26 Å². The molecule has 1 aromatic carbocycles. The summed E-state index contributed by atoms with van der Waals surface area (Å²) in [5.74, 6) is -0.292. The molecule has 9 heteroatoms. The highest BCUT2D eigenvalue weighted by atomic mass is 16.3. The highest BCUT2D eigenvalue weighted by Crippen LogP contribution is 2.23. The lowest BCUT2D eigenvalue weighted by atomic mass is 10.1. The van der Waals surface area contributed by atoms with Crippen LogP contribution in [0.1, 0.15) is 40.9 Å². The zero-order valence-corrected chi connectivity index (χ0v) is 17.8. The van der Waals surface area contributed by atoms with Crippen LogP contribution in [-0.4, -0.2) is 51.1 Å². The number of nitrogens with one attached hydrogen (secondary N) is 1. The average molecular weight is 435 g/mol. The number of imidazole rings is 1. The van der Waals surface area contributed by atoms with Gasteiger partial charge in [-0.25, -0.2) is 4.98 Å². The van der Waals surface area contributed by atoms with E-state index < -0.39 is 5.91 Å². The van der Waals surface area contributed by atoms with E-state index in [9.17, 15) is 14.7 Å². The van der Waals surface area contributed by atoms with E-state index in [-0.39, 0.29) is 36.4 Å². The highest BCUT2D eigenvalue weighted by Gasteiger charge is 2.21. The van der Waals surface area contributed by atoms with Crippen molar-refractivity contribution in [2.45, 2.75) is 25.8 Å². The van der Waals surface area contributed by atoms with Gasteiger partial charge in [0.2, 0.25) is 5.95 Å². The average Bonchev–Trinajstić information content (AvgIpc) is 3.11. The SMILES string of the molecule is C=C/C(=C\c1nc(NC(=O)c2cccc(C#N)c2)n(CCO)c1N)C(=O)N1CCCCC1. The van der Waals surface area contributed by atoms with Gasteiger partial charge in [-0.1, -0.05) is 18.7 Å². The number of nitriles is 1. The molecule has 32 heavy (non-hydrogen) atoms. The van der Waals surface area contributed by atoms with E-state index in [2.05, 4.69) is 16.9 Å². The van der Waals surface area contributed by atoms with Crippen LogP contribution >= 0.6 is 0 Å². The van der Waals surface area contributed by atoms with Gasteiger partial charge in [0.05, 0.1) is 24.8 Å². The number of aliphatic hydroxyl groups is 1. The number of nitrogens with zero attached hydrogens (tertiary/aromatic N) is 4. The van der Waals surface area contributed by atoms with Crippen LogP contribution in [-0.2, 0) is 11.3 Å². The summed E-state index contributed by atoms with van der Waals surface area (Å²) in [6.45, 7) is 5.01. The van der Waals surface area contributed by atoms with Gasteiger partial charge in [0.15, 0.2) is 0 Å². The maximum Gasteiger partial charge on any atom is 0.258 e. The number of anilines is 2. The Balaban J connectivity index is 1.90. The molecule has 1 aliphatic rings. The fourth-order valence-electron chi connectivity index (χ4n) is 3.55. The lowest BCUT2D eigenvalue weighted by molar-refractivity contribution is -0.127. The number of carbonyl (C=O) groups excluding carboxylic acids is 2. The van der Waals surface area contributed by atoms with Crippen LogP contribution in [0.3, 0.4) is 0 Å². The van der Waals surface area contributed by atoms with E-state index in [1.54, 1.807) is 29.2 Å². The number of rotatable bonds is 7. The third kappa shape index (κ3) is 5.04. The first-order valence-electron chi connectivity index (χ1n) is 10.4. The summed E-state index contributed by atoms with van der Waals surface area (Å²) in [7, 11) is 0. The molecule has 0 bridgehead atoms. The number of benzene rings is 1. The molecule has 1 saturated heterocycles. The Kier molecular flexibility index (Phi) is 7.41. The molecule has 0 unspecified atom stereocenters. The number of nitrogens with two attached hydrogens (primary N) is 1. The third-order valence-electron chi connectivity index (χ3n) is 5.24. The molecule has 4 N–H and O–H groups in total. The van der Waals surface area contributed by atoms with Gasteiger partial charge in [0.1, 0.15) is 11.5 Å². The molecule has 9 nitrogen and oxygen atoms in total. The van der Waals surface area contributed by atoms with Crippen LogP contribution in [0, 0.1) is 11.3 Å². The molecular formula is C23H26N6O3. The zero-order valence-electron chi connectivity index (χ0n) is 17.8. The molecular weight excluding hydrogens is 408 g/mol.